The molecule has 1 aromatic carbocycles. The SMILES string of the molecule is COc1c(C(C)O)cc2c(c1Br)OCCO2. The van der Waals surface area contributed by atoms with Crippen LogP contribution in [0.1, 0.15) is 18.6 Å². The Morgan fingerprint density at radius 2 is 2.12 bits per heavy atom. The molecule has 88 valence electrons. The van der Waals surface area contributed by atoms with E-state index in [9.17, 15) is 5.11 Å². The van der Waals surface area contributed by atoms with Gasteiger partial charge in [0, 0.05) is 5.56 Å². The van der Waals surface area contributed by atoms with E-state index >= 15 is 0 Å². The fourth-order valence-electron chi connectivity index (χ4n) is 1.67. The first kappa shape index (κ1) is 11.5. The van der Waals surface area contributed by atoms with Crippen molar-refractivity contribution in [2.45, 2.75) is 13.0 Å². The number of aliphatic hydroxyl groups excluding tert-OH is 1. The zero-order valence-electron chi connectivity index (χ0n) is 9.12. The normalized spacial score (nSPS) is 15.8. The zero-order chi connectivity index (χ0) is 11.7. The summed E-state index contributed by atoms with van der Waals surface area (Å²) in [4.78, 5) is 0. The third kappa shape index (κ3) is 1.85. The van der Waals surface area contributed by atoms with Crippen LogP contribution in [0.5, 0.6) is 17.2 Å². The van der Waals surface area contributed by atoms with Gasteiger partial charge in [0.05, 0.1) is 13.2 Å². The van der Waals surface area contributed by atoms with Gasteiger partial charge in [0.15, 0.2) is 11.5 Å². The van der Waals surface area contributed by atoms with Crippen LogP contribution >= 0.6 is 15.9 Å². The Labute approximate surface area is 102 Å². The summed E-state index contributed by atoms with van der Waals surface area (Å²) in [5, 5.41) is 9.66. The smallest absolute Gasteiger partial charge is 0.179 e. The van der Waals surface area contributed by atoms with Crippen molar-refractivity contribution in [1.29, 1.82) is 0 Å². The first-order chi connectivity index (χ1) is 7.65. The minimum Gasteiger partial charge on any atom is -0.495 e. The van der Waals surface area contributed by atoms with Crippen molar-refractivity contribution >= 4 is 15.9 Å². The molecule has 1 atom stereocenters. The molecule has 0 bridgehead atoms. The van der Waals surface area contributed by atoms with Gasteiger partial charge in [-0.05, 0) is 28.9 Å². The van der Waals surface area contributed by atoms with Gasteiger partial charge in [-0.15, -0.1) is 0 Å². The Morgan fingerprint density at radius 1 is 1.44 bits per heavy atom. The number of hydrogen-bond acceptors (Lipinski definition) is 4. The molecule has 1 aliphatic heterocycles. The molecule has 2 rings (SSSR count). The summed E-state index contributed by atoms with van der Waals surface area (Å²) in [6.07, 6.45) is -0.623. The molecule has 1 aromatic rings. The Kier molecular flexibility index (Phi) is 3.25. The Hall–Kier alpha value is -0.940. The average molecular weight is 289 g/mol. The topological polar surface area (TPSA) is 47.9 Å². The molecule has 0 saturated heterocycles. The highest BCUT2D eigenvalue weighted by molar-refractivity contribution is 9.10. The van der Waals surface area contributed by atoms with E-state index in [-0.39, 0.29) is 0 Å². The van der Waals surface area contributed by atoms with Crippen molar-refractivity contribution in [3.05, 3.63) is 16.1 Å². The summed E-state index contributed by atoms with van der Waals surface area (Å²) < 4.78 is 16.9. The molecule has 1 heterocycles. The van der Waals surface area contributed by atoms with Crippen molar-refractivity contribution in [2.75, 3.05) is 20.3 Å². The number of halogens is 1. The third-order valence-corrected chi connectivity index (χ3v) is 3.13. The first-order valence-corrected chi connectivity index (χ1v) is 5.78. The van der Waals surface area contributed by atoms with E-state index in [1.165, 1.54) is 0 Å². The van der Waals surface area contributed by atoms with E-state index < -0.39 is 6.10 Å². The van der Waals surface area contributed by atoms with Gasteiger partial charge >= 0.3 is 0 Å². The molecule has 0 radical (unpaired) electrons. The third-order valence-electron chi connectivity index (χ3n) is 2.41. The van der Waals surface area contributed by atoms with E-state index in [2.05, 4.69) is 15.9 Å². The molecule has 1 aliphatic rings. The highest BCUT2D eigenvalue weighted by Crippen LogP contribution is 2.47. The predicted molar refractivity (Wildman–Crippen MR) is 62.3 cm³/mol. The molecule has 1 unspecified atom stereocenters. The predicted octanol–water partition coefficient (Wildman–Crippen LogP) is 2.28. The van der Waals surface area contributed by atoms with Gasteiger partial charge in [0.1, 0.15) is 23.4 Å². The average Bonchev–Trinajstić information content (AvgIpc) is 2.29. The minimum absolute atomic E-state index is 0.517. The van der Waals surface area contributed by atoms with Gasteiger partial charge in [0.25, 0.3) is 0 Å². The zero-order valence-corrected chi connectivity index (χ0v) is 10.7. The van der Waals surface area contributed by atoms with E-state index in [0.717, 1.165) is 0 Å². The number of hydrogen-bond donors (Lipinski definition) is 1. The lowest BCUT2D eigenvalue weighted by Crippen LogP contribution is -2.16. The number of methoxy groups -OCH3 is 1. The van der Waals surface area contributed by atoms with Crippen LogP contribution in [-0.4, -0.2) is 25.4 Å². The van der Waals surface area contributed by atoms with Crippen LogP contribution in [-0.2, 0) is 0 Å². The van der Waals surface area contributed by atoms with Crippen LogP contribution in [0.25, 0.3) is 0 Å². The van der Waals surface area contributed by atoms with E-state index in [1.807, 2.05) is 0 Å². The minimum atomic E-state index is -0.623. The van der Waals surface area contributed by atoms with Gasteiger partial charge in [-0.2, -0.15) is 0 Å². The molecule has 1 N–H and O–H groups in total. The highest BCUT2D eigenvalue weighted by Gasteiger charge is 2.23. The van der Waals surface area contributed by atoms with Crippen LogP contribution < -0.4 is 14.2 Å². The second kappa shape index (κ2) is 4.51. The maximum Gasteiger partial charge on any atom is 0.179 e. The van der Waals surface area contributed by atoms with Crippen LogP contribution in [0.4, 0.5) is 0 Å². The monoisotopic (exact) mass is 288 g/mol. The maximum atomic E-state index is 9.66. The Morgan fingerprint density at radius 3 is 2.75 bits per heavy atom. The van der Waals surface area contributed by atoms with Crippen molar-refractivity contribution in [1.82, 2.24) is 0 Å². The summed E-state index contributed by atoms with van der Waals surface area (Å²) in [5.41, 5.74) is 0.679. The second-order valence-electron chi connectivity index (χ2n) is 3.51. The molecule has 0 aromatic heterocycles. The molecule has 0 amide bonds. The summed E-state index contributed by atoms with van der Waals surface area (Å²) >= 11 is 3.41. The lowest BCUT2D eigenvalue weighted by Gasteiger charge is -2.23. The fourth-order valence-corrected chi connectivity index (χ4v) is 2.37. The summed E-state index contributed by atoms with van der Waals surface area (Å²) in [6.45, 7) is 2.72. The van der Waals surface area contributed by atoms with Gasteiger partial charge in [-0.1, -0.05) is 0 Å². The number of aliphatic hydroxyl groups is 1. The standard InChI is InChI=1S/C11H13BrO4/c1-6(13)7-5-8-11(16-4-3-15-8)9(12)10(7)14-2/h5-6,13H,3-4H2,1-2H3. The van der Waals surface area contributed by atoms with Crippen LogP contribution in [0, 0.1) is 0 Å². The Bertz CT molecular complexity index is 403. The number of fused-ring (bicyclic) bond motifs is 1. The molecule has 4 nitrogen and oxygen atoms in total. The largest absolute Gasteiger partial charge is 0.495 e. The molecule has 5 heteroatoms. The Balaban J connectivity index is 2.59. The van der Waals surface area contributed by atoms with Gasteiger partial charge in [-0.25, -0.2) is 0 Å². The molecule has 0 saturated carbocycles. The van der Waals surface area contributed by atoms with Crippen molar-refractivity contribution in [3.63, 3.8) is 0 Å². The maximum absolute atomic E-state index is 9.66. The molecule has 16 heavy (non-hydrogen) atoms. The van der Waals surface area contributed by atoms with Crippen LogP contribution in [0.3, 0.4) is 0 Å². The number of rotatable bonds is 2. The first-order valence-electron chi connectivity index (χ1n) is 4.99. The van der Waals surface area contributed by atoms with Crippen LogP contribution in [0.15, 0.2) is 10.5 Å². The van der Waals surface area contributed by atoms with Gasteiger partial charge in [0.2, 0.25) is 0 Å². The van der Waals surface area contributed by atoms with Crippen molar-refractivity contribution < 1.29 is 19.3 Å². The highest BCUT2D eigenvalue weighted by atomic mass is 79.9. The fraction of sp³-hybridized carbons (Fsp3) is 0.455. The van der Waals surface area contributed by atoms with Crippen LogP contribution in [0.2, 0.25) is 0 Å². The van der Waals surface area contributed by atoms with Gasteiger partial charge < -0.3 is 19.3 Å². The molecular weight excluding hydrogens is 276 g/mol. The van der Waals surface area contributed by atoms with E-state index in [1.54, 1.807) is 20.1 Å². The van der Waals surface area contributed by atoms with Crippen molar-refractivity contribution in [2.24, 2.45) is 0 Å². The lowest BCUT2D eigenvalue weighted by atomic mass is 10.1. The quantitative estimate of drug-likeness (QED) is 0.907. The second-order valence-corrected chi connectivity index (χ2v) is 4.31. The van der Waals surface area contributed by atoms with E-state index in [4.69, 9.17) is 14.2 Å². The number of benzene rings is 1. The molecule has 0 aliphatic carbocycles. The summed E-state index contributed by atoms with van der Waals surface area (Å²) in [7, 11) is 1.56. The van der Waals surface area contributed by atoms with E-state index in [0.29, 0.717) is 40.5 Å². The lowest BCUT2D eigenvalue weighted by molar-refractivity contribution is 0.164. The molecule has 0 fully saturated rings. The summed E-state index contributed by atoms with van der Waals surface area (Å²) in [6, 6.07) is 1.75. The summed E-state index contributed by atoms with van der Waals surface area (Å²) in [5.74, 6) is 1.85. The van der Waals surface area contributed by atoms with Crippen molar-refractivity contribution in [3.8, 4) is 17.2 Å². The van der Waals surface area contributed by atoms with Gasteiger partial charge in [-0.3, -0.25) is 0 Å². The molecular formula is C11H13BrO4. The number of ether oxygens (including phenoxy) is 3. The molecule has 0 spiro atoms.